The molecule has 1 aliphatic carbocycles. The summed E-state index contributed by atoms with van der Waals surface area (Å²) in [5, 5.41) is 3.56. The van der Waals surface area contributed by atoms with Crippen molar-refractivity contribution in [3.8, 4) is 5.75 Å². The molecule has 0 aliphatic heterocycles. The lowest BCUT2D eigenvalue weighted by atomic mass is 9.97. The van der Waals surface area contributed by atoms with E-state index in [1.807, 2.05) is 6.07 Å². The molecule has 0 spiro atoms. The van der Waals surface area contributed by atoms with Gasteiger partial charge in [0.2, 0.25) is 0 Å². The Morgan fingerprint density at radius 1 is 1.00 bits per heavy atom. The summed E-state index contributed by atoms with van der Waals surface area (Å²) in [6.45, 7) is 4.67. The molecule has 3 heteroatoms. The van der Waals surface area contributed by atoms with E-state index in [9.17, 15) is 0 Å². The molecule has 26 heavy (non-hydrogen) atoms. The second kappa shape index (κ2) is 11.1. The number of rotatable bonds is 8. The molecule has 0 fully saturated rings. The quantitative estimate of drug-likeness (QED) is 0.455. The topological polar surface area (TPSA) is 21.3 Å². The predicted molar refractivity (Wildman–Crippen MR) is 112 cm³/mol. The number of halogens is 1. The molecule has 0 amide bonds. The van der Waals surface area contributed by atoms with Crippen LogP contribution in [0.25, 0.3) is 0 Å². The minimum Gasteiger partial charge on any atom is -0.489 e. The fraction of sp³-hybridized carbons (Fsp3) is 0.391. The van der Waals surface area contributed by atoms with Crippen LogP contribution in [0.3, 0.4) is 0 Å². The molecule has 0 radical (unpaired) electrons. The van der Waals surface area contributed by atoms with E-state index in [1.165, 1.54) is 48.8 Å². The largest absolute Gasteiger partial charge is 0.489 e. The van der Waals surface area contributed by atoms with Gasteiger partial charge in [-0.3, -0.25) is 0 Å². The first-order valence-electron chi connectivity index (χ1n) is 9.45. The van der Waals surface area contributed by atoms with Crippen LogP contribution in [-0.2, 0) is 13.2 Å². The standard InChI is InChI=1S/C23H29NO.ClH/c1-19-10-12-21(13-11-19)18-25-23-9-5-8-22(16-23)17-24-15-14-20-6-3-2-4-7-20;/h5-6,8-13,16,24H,2-4,7,14-15,17-18H2,1H3;1H. The summed E-state index contributed by atoms with van der Waals surface area (Å²) in [5.74, 6) is 0.940. The first-order valence-corrected chi connectivity index (χ1v) is 9.45. The van der Waals surface area contributed by atoms with E-state index in [4.69, 9.17) is 4.74 Å². The smallest absolute Gasteiger partial charge is 0.120 e. The lowest BCUT2D eigenvalue weighted by molar-refractivity contribution is 0.306. The Balaban J connectivity index is 0.00000243. The lowest BCUT2D eigenvalue weighted by Crippen LogP contribution is -2.15. The second-order valence-corrected chi connectivity index (χ2v) is 6.96. The van der Waals surface area contributed by atoms with Crippen LogP contribution in [0.1, 0.15) is 48.8 Å². The molecule has 0 saturated carbocycles. The normalized spacial score (nSPS) is 13.7. The van der Waals surface area contributed by atoms with Crippen molar-refractivity contribution >= 4 is 12.4 Å². The monoisotopic (exact) mass is 371 g/mol. The molecule has 0 heterocycles. The van der Waals surface area contributed by atoms with Crippen molar-refractivity contribution < 1.29 is 4.74 Å². The zero-order valence-corrected chi connectivity index (χ0v) is 16.5. The number of nitrogens with one attached hydrogen (secondary N) is 1. The van der Waals surface area contributed by atoms with Crippen LogP contribution in [0.2, 0.25) is 0 Å². The fourth-order valence-corrected chi connectivity index (χ4v) is 3.21. The molecule has 0 saturated heterocycles. The molecule has 1 aliphatic rings. The summed E-state index contributed by atoms with van der Waals surface area (Å²) in [6.07, 6.45) is 8.92. The van der Waals surface area contributed by atoms with Crippen molar-refractivity contribution in [1.29, 1.82) is 0 Å². The average Bonchev–Trinajstić information content (AvgIpc) is 2.66. The molecule has 1 N–H and O–H groups in total. The summed E-state index contributed by atoms with van der Waals surface area (Å²) in [4.78, 5) is 0. The van der Waals surface area contributed by atoms with Gasteiger partial charge in [-0.1, -0.05) is 53.6 Å². The van der Waals surface area contributed by atoms with Crippen LogP contribution in [0, 0.1) is 6.92 Å². The van der Waals surface area contributed by atoms with E-state index in [0.29, 0.717) is 6.61 Å². The van der Waals surface area contributed by atoms with Crippen molar-refractivity contribution in [3.63, 3.8) is 0 Å². The number of hydrogen-bond donors (Lipinski definition) is 1. The van der Waals surface area contributed by atoms with Crippen LogP contribution in [0.5, 0.6) is 5.75 Å². The number of ether oxygens (including phenoxy) is 1. The second-order valence-electron chi connectivity index (χ2n) is 6.96. The first kappa shape index (κ1) is 20.5. The van der Waals surface area contributed by atoms with Crippen molar-refractivity contribution in [3.05, 3.63) is 76.9 Å². The van der Waals surface area contributed by atoms with Crippen molar-refractivity contribution in [1.82, 2.24) is 5.32 Å². The summed E-state index contributed by atoms with van der Waals surface area (Å²) in [6, 6.07) is 16.9. The van der Waals surface area contributed by atoms with Gasteiger partial charge in [0.05, 0.1) is 0 Å². The highest BCUT2D eigenvalue weighted by molar-refractivity contribution is 5.85. The van der Waals surface area contributed by atoms with Gasteiger partial charge in [0, 0.05) is 6.54 Å². The van der Waals surface area contributed by atoms with Gasteiger partial charge in [-0.15, -0.1) is 12.4 Å². The summed E-state index contributed by atoms with van der Waals surface area (Å²) in [5.41, 5.74) is 5.39. The van der Waals surface area contributed by atoms with Gasteiger partial charge in [-0.2, -0.15) is 0 Å². The van der Waals surface area contributed by atoms with E-state index < -0.39 is 0 Å². The molecule has 3 rings (SSSR count). The highest BCUT2D eigenvalue weighted by atomic mass is 35.5. The zero-order chi connectivity index (χ0) is 17.3. The average molecular weight is 372 g/mol. The van der Waals surface area contributed by atoms with Crippen LogP contribution in [-0.4, -0.2) is 6.54 Å². The third-order valence-corrected chi connectivity index (χ3v) is 4.76. The van der Waals surface area contributed by atoms with Crippen molar-refractivity contribution in [2.45, 2.75) is 52.2 Å². The number of benzene rings is 2. The van der Waals surface area contributed by atoms with Gasteiger partial charge in [0.1, 0.15) is 12.4 Å². The number of hydrogen-bond acceptors (Lipinski definition) is 2. The van der Waals surface area contributed by atoms with Gasteiger partial charge in [0.15, 0.2) is 0 Å². The van der Waals surface area contributed by atoms with E-state index in [-0.39, 0.29) is 12.4 Å². The Labute approximate surface area is 164 Å². The molecule has 0 unspecified atom stereocenters. The van der Waals surface area contributed by atoms with E-state index >= 15 is 0 Å². The Kier molecular flexibility index (Phi) is 8.73. The highest BCUT2D eigenvalue weighted by Crippen LogP contribution is 2.19. The molecular weight excluding hydrogens is 342 g/mol. The van der Waals surface area contributed by atoms with E-state index in [2.05, 4.69) is 60.8 Å². The molecule has 2 aromatic carbocycles. The summed E-state index contributed by atoms with van der Waals surface area (Å²) >= 11 is 0. The van der Waals surface area contributed by atoms with Gasteiger partial charge < -0.3 is 10.1 Å². The molecule has 140 valence electrons. The fourth-order valence-electron chi connectivity index (χ4n) is 3.21. The molecule has 2 aromatic rings. The Hall–Kier alpha value is -1.77. The third-order valence-electron chi connectivity index (χ3n) is 4.76. The maximum atomic E-state index is 5.94. The molecule has 0 aromatic heterocycles. The Morgan fingerprint density at radius 3 is 2.62 bits per heavy atom. The zero-order valence-electron chi connectivity index (χ0n) is 15.7. The maximum Gasteiger partial charge on any atom is 0.120 e. The number of aryl methyl sites for hydroxylation is 1. The van der Waals surface area contributed by atoms with Crippen LogP contribution < -0.4 is 10.1 Å². The van der Waals surface area contributed by atoms with Crippen LogP contribution in [0.15, 0.2) is 60.2 Å². The maximum absolute atomic E-state index is 5.94. The number of allylic oxidation sites excluding steroid dienone is 1. The minimum absolute atomic E-state index is 0. The minimum atomic E-state index is 0. The van der Waals surface area contributed by atoms with Gasteiger partial charge in [-0.05, 0) is 68.8 Å². The molecule has 0 atom stereocenters. The molecule has 0 bridgehead atoms. The van der Waals surface area contributed by atoms with Crippen LogP contribution in [0.4, 0.5) is 0 Å². The van der Waals surface area contributed by atoms with Gasteiger partial charge in [0.25, 0.3) is 0 Å². The predicted octanol–water partition coefficient (Wildman–Crippen LogP) is 5.98. The summed E-state index contributed by atoms with van der Waals surface area (Å²) < 4.78 is 5.94. The molecule has 2 nitrogen and oxygen atoms in total. The first-order chi connectivity index (χ1) is 12.3. The van der Waals surface area contributed by atoms with Crippen molar-refractivity contribution in [2.24, 2.45) is 0 Å². The van der Waals surface area contributed by atoms with E-state index in [0.717, 1.165) is 18.8 Å². The van der Waals surface area contributed by atoms with E-state index in [1.54, 1.807) is 5.57 Å². The Morgan fingerprint density at radius 2 is 1.85 bits per heavy atom. The van der Waals surface area contributed by atoms with Crippen LogP contribution >= 0.6 is 12.4 Å². The van der Waals surface area contributed by atoms with Gasteiger partial charge >= 0.3 is 0 Å². The van der Waals surface area contributed by atoms with Crippen molar-refractivity contribution in [2.75, 3.05) is 6.54 Å². The van der Waals surface area contributed by atoms with Gasteiger partial charge in [-0.25, -0.2) is 0 Å². The summed E-state index contributed by atoms with van der Waals surface area (Å²) in [7, 11) is 0. The third kappa shape index (κ3) is 6.86. The Bertz CT molecular complexity index is 694. The lowest BCUT2D eigenvalue weighted by Gasteiger charge is -2.13. The highest BCUT2D eigenvalue weighted by Gasteiger charge is 2.03. The molecular formula is C23H30ClNO. The SMILES string of the molecule is Cc1ccc(COc2cccc(CNCCC3=CCCCC3)c2)cc1.Cl.